The normalized spacial score (nSPS) is 14.5. The Hall–Kier alpha value is -2.62. The molecule has 0 atom stereocenters. The minimum absolute atomic E-state index is 0.161. The van der Waals surface area contributed by atoms with Gasteiger partial charge < -0.3 is 20.1 Å². The highest BCUT2D eigenvalue weighted by atomic mass is 79.9. The van der Waals surface area contributed by atoms with E-state index < -0.39 is 11.9 Å². The van der Waals surface area contributed by atoms with Crippen LogP contribution in [-0.2, 0) is 22.7 Å². The number of phenols is 1. The maximum atomic E-state index is 9.91. The Balaban J connectivity index is 0.000000469. The number of carbonyl (C=O) groups is 2. The first-order chi connectivity index (χ1) is 14.3. The summed E-state index contributed by atoms with van der Waals surface area (Å²) in [5.41, 5.74) is 2.52. The first-order valence-electron chi connectivity index (χ1n) is 9.30. The summed E-state index contributed by atoms with van der Waals surface area (Å²) in [6.07, 6.45) is 0. The zero-order valence-electron chi connectivity index (χ0n) is 16.6. The van der Waals surface area contributed by atoms with Gasteiger partial charge in [0, 0.05) is 39.3 Å². The second-order valence-corrected chi connectivity index (χ2v) is 7.63. The summed E-state index contributed by atoms with van der Waals surface area (Å²) < 4.78 is 5.91. The summed E-state index contributed by atoms with van der Waals surface area (Å²) in [5.74, 6) is -2.97. The molecule has 9 heteroatoms. The molecule has 0 unspecified atom stereocenters. The van der Waals surface area contributed by atoms with E-state index in [1.54, 1.807) is 7.11 Å². The van der Waals surface area contributed by atoms with Gasteiger partial charge in [0.2, 0.25) is 0 Å². The van der Waals surface area contributed by atoms with E-state index in [1.165, 1.54) is 5.56 Å². The van der Waals surface area contributed by atoms with Crippen LogP contribution in [0.5, 0.6) is 11.5 Å². The van der Waals surface area contributed by atoms with Crippen molar-refractivity contribution in [1.29, 1.82) is 0 Å². The van der Waals surface area contributed by atoms with Crippen LogP contribution in [0.3, 0.4) is 0 Å². The van der Waals surface area contributed by atoms with Crippen molar-refractivity contribution in [2.24, 2.45) is 0 Å². The first kappa shape index (κ1) is 23.7. The fraction of sp³-hybridized carbons (Fsp3) is 0.333. The first-order valence-corrected chi connectivity index (χ1v) is 10.1. The van der Waals surface area contributed by atoms with Crippen LogP contribution in [0.2, 0.25) is 0 Å². The number of carboxylic acids is 2. The second kappa shape index (κ2) is 11.5. The number of aliphatic carboxylic acids is 2. The Kier molecular flexibility index (Phi) is 9.10. The molecule has 1 fully saturated rings. The van der Waals surface area contributed by atoms with Crippen molar-refractivity contribution in [3.05, 3.63) is 58.1 Å². The van der Waals surface area contributed by atoms with Crippen molar-refractivity contribution in [1.82, 2.24) is 9.80 Å². The molecule has 0 aromatic heterocycles. The van der Waals surface area contributed by atoms with Gasteiger partial charge in [-0.25, -0.2) is 9.59 Å². The number of piperazine rings is 1. The zero-order chi connectivity index (χ0) is 22.1. The molecule has 8 nitrogen and oxygen atoms in total. The van der Waals surface area contributed by atoms with E-state index in [4.69, 9.17) is 24.5 Å². The van der Waals surface area contributed by atoms with Crippen molar-refractivity contribution in [2.75, 3.05) is 33.3 Å². The molecule has 162 valence electrons. The molecule has 0 amide bonds. The van der Waals surface area contributed by atoms with Crippen molar-refractivity contribution in [3.8, 4) is 11.5 Å². The Labute approximate surface area is 183 Å². The number of phenolic OH excluding ortho intramolecular Hbond substituents is 1. The molecule has 0 saturated carbocycles. The van der Waals surface area contributed by atoms with Crippen LogP contribution in [0.25, 0.3) is 0 Å². The lowest BCUT2D eigenvalue weighted by molar-refractivity contribution is -0.159. The smallest absolute Gasteiger partial charge is 0.414 e. The summed E-state index contributed by atoms with van der Waals surface area (Å²) in [7, 11) is 1.58. The molecule has 1 heterocycles. The number of aromatic hydroxyl groups is 1. The molecule has 3 N–H and O–H groups in total. The third-order valence-electron chi connectivity index (χ3n) is 4.61. The number of halogens is 1. The van der Waals surface area contributed by atoms with Crippen LogP contribution < -0.4 is 4.74 Å². The Morgan fingerprint density at radius 3 is 1.90 bits per heavy atom. The van der Waals surface area contributed by atoms with Crippen LogP contribution in [0.15, 0.2) is 46.9 Å². The number of hydrogen-bond donors (Lipinski definition) is 3. The zero-order valence-corrected chi connectivity index (χ0v) is 18.2. The quantitative estimate of drug-likeness (QED) is 0.560. The average Bonchev–Trinajstić information content (AvgIpc) is 2.73. The largest absolute Gasteiger partial charge is 0.503 e. The number of nitrogens with zero attached hydrogens (tertiary/aromatic N) is 2. The van der Waals surface area contributed by atoms with Crippen molar-refractivity contribution < 1.29 is 29.6 Å². The predicted octanol–water partition coefficient (Wildman–Crippen LogP) is 2.64. The molecule has 1 saturated heterocycles. The molecule has 1 aliphatic rings. The maximum absolute atomic E-state index is 9.91. The van der Waals surface area contributed by atoms with Gasteiger partial charge in [0.1, 0.15) is 0 Å². The summed E-state index contributed by atoms with van der Waals surface area (Å²) in [6, 6.07) is 14.5. The van der Waals surface area contributed by atoms with Crippen LogP contribution >= 0.6 is 15.9 Å². The number of carboxylic acid groups (broad SMARTS) is 2. The van der Waals surface area contributed by atoms with Gasteiger partial charge in [0.25, 0.3) is 0 Å². The summed E-state index contributed by atoms with van der Waals surface area (Å²) in [5, 5.41) is 24.7. The van der Waals surface area contributed by atoms with Gasteiger partial charge in [-0.2, -0.15) is 0 Å². The number of hydrogen-bond acceptors (Lipinski definition) is 6. The fourth-order valence-electron chi connectivity index (χ4n) is 3.08. The monoisotopic (exact) mass is 480 g/mol. The van der Waals surface area contributed by atoms with E-state index >= 15 is 0 Å². The van der Waals surface area contributed by atoms with Crippen LogP contribution in [0, 0.1) is 0 Å². The highest BCUT2D eigenvalue weighted by Gasteiger charge is 2.18. The lowest BCUT2D eigenvalue weighted by Crippen LogP contribution is -2.45. The molecular formula is C21H25BrN2O6. The molecular weight excluding hydrogens is 456 g/mol. The molecule has 0 bridgehead atoms. The maximum Gasteiger partial charge on any atom is 0.414 e. The van der Waals surface area contributed by atoms with Gasteiger partial charge >= 0.3 is 11.9 Å². The van der Waals surface area contributed by atoms with E-state index in [-0.39, 0.29) is 5.75 Å². The fourth-order valence-corrected chi connectivity index (χ4v) is 3.57. The molecule has 2 aromatic carbocycles. The second-order valence-electron chi connectivity index (χ2n) is 6.78. The molecule has 2 aromatic rings. The van der Waals surface area contributed by atoms with Crippen LogP contribution in [0.1, 0.15) is 11.1 Å². The number of rotatable bonds is 5. The molecule has 1 aliphatic heterocycles. The standard InChI is InChI=1S/C19H23BrN2O2.C2H2O4/c1-24-18-12-16(11-17(20)19(18)23)14-22-9-7-21(8-10-22)13-15-5-3-2-4-6-15;3-1(4)2(5)6/h2-6,11-12,23H,7-10,13-14H2,1H3;(H,3,4)(H,5,6). The minimum Gasteiger partial charge on any atom is -0.503 e. The molecule has 0 radical (unpaired) electrons. The van der Waals surface area contributed by atoms with Gasteiger partial charge in [-0.15, -0.1) is 0 Å². The Bertz CT molecular complexity index is 842. The van der Waals surface area contributed by atoms with Gasteiger partial charge in [0.05, 0.1) is 11.6 Å². The van der Waals surface area contributed by atoms with E-state index in [2.05, 4.69) is 56.1 Å². The number of ether oxygens (including phenoxy) is 1. The SMILES string of the molecule is COc1cc(CN2CCN(Cc3ccccc3)CC2)cc(Br)c1O.O=C(O)C(=O)O. The van der Waals surface area contributed by atoms with Gasteiger partial charge in [-0.05, 0) is 39.2 Å². The van der Waals surface area contributed by atoms with Crippen molar-refractivity contribution in [3.63, 3.8) is 0 Å². The molecule has 30 heavy (non-hydrogen) atoms. The van der Waals surface area contributed by atoms with E-state index in [9.17, 15) is 5.11 Å². The average molecular weight is 481 g/mol. The Morgan fingerprint density at radius 1 is 0.933 bits per heavy atom. The van der Waals surface area contributed by atoms with E-state index in [1.807, 2.05) is 12.1 Å². The van der Waals surface area contributed by atoms with Gasteiger partial charge in [-0.3, -0.25) is 9.80 Å². The molecule has 0 spiro atoms. The van der Waals surface area contributed by atoms with E-state index in [0.29, 0.717) is 10.2 Å². The highest BCUT2D eigenvalue weighted by Crippen LogP contribution is 2.35. The summed E-state index contributed by atoms with van der Waals surface area (Å²) in [4.78, 5) is 23.1. The number of methoxy groups -OCH3 is 1. The number of benzene rings is 2. The summed E-state index contributed by atoms with van der Waals surface area (Å²) in [6.45, 7) is 6.14. The lowest BCUT2D eigenvalue weighted by atomic mass is 10.1. The third kappa shape index (κ3) is 7.33. The van der Waals surface area contributed by atoms with Crippen LogP contribution in [0.4, 0.5) is 0 Å². The van der Waals surface area contributed by atoms with Crippen LogP contribution in [-0.4, -0.2) is 70.3 Å². The van der Waals surface area contributed by atoms with Gasteiger partial charge in [-0.1, -0.05) is 30.3 Å². The predicted molar refractivity (Wildman–Crippen MR) is 115 cm³/mol. The van der Waals surface area contributed by atoms with Crippen molar-refractivity contribution in [2.45, 2.75) is 13.1 Å². The molecule has 3 rings (SSSR count). The topological polar surface area (TPSA) is 111 Å². The molecule has 0 aliphatic carbocycles. The highest BCUT2D eigenvalue weighted by molar-refractivity contribution is 9.10. The minimum atomic E-state index is -1.82. The lowest BCUT2D eigenvalue weighted by Gasteiger charge is -2.34. The van der Waals surface area contributed by atoms with Crippen molar-refractivity contribution >= 4 is 27.9 Å². The third-order valence-corrected chi connectivity index (χ3v) is 5.22. The summed E-state index contributed by atoms with van der Waals surface area (Å²) >= 11 is 3.39. The van der Waals surface area contributed by atoms with E-state index in [0.717, 1.165) is 44.8 Å². The Morgan fingerprint density at radius 2 is 1.43 bits per heavy atom. The van der Waals surface area contributed by atoms with Gasteiger partial charge in [0.15, 0.2) is 11.5 Å².